The molecule has 18 heavy (non-hydrogen) atoms. The molecule has 1 unspecified atom stereocenters. The summed E-state index contributed by atoms with van der Waals surface area (Å²) in [5.74, 6) is 1.07. The van der Waals surface area contributed by atoms with Crippen molar-refractivity contribution in [3.05, 3.63) is 35.9 Å². The molecule has 1 heterocycles. The van der Waals surface area contributed by atoms with Gasteiger partial charge in [0.05, 0.1) is 6.04 Å². The molecule has 2 heteroatoms. The van der Waals surface area contributed by atoms with Gasteiger partial charge in [-0.2, -0.15) is 0 Å². The van der Waals surface area contributed by atoms with Crippen LogP contribution in [0.4, 0.5) is 0 Å². The number of nitrogens with zero attached hydrogens (tertiary/aromatic N) is 1. The predicted octanol–water partition coefficient (Wildman–Crippen LogP) is 2.92. The summed E-state index contributed by atoms with van der Waals surface area (Å²) in [5, 5.41) is 0. The topological polar surface area (TPSA) is 20.3 Å². The van der Waals surface area contributed by atoms with Crippen molar-refractivity contribution in [1.82, 2.24) is 4.90 Å². The lowest BCUT2D eigenvalue weighted by molar-refractivity contribution is -0.122. The van der Waals surface area contributed by atoms with Crippen molar-refractivity contribution < 1.29 is 4.79 Å². The molecule has 0 amide bonds. The number of ketones is 1. The Labute approximate surface area is 110 Å². The molecular weight excluding hydrogens is 222 g/mol. The molecule has 1 aliphatic heterocycles. The maximum Gasteiger partial charge on any atom is 0.146 e. The highest BCUT2D eigenvalue weighted by Crippen LogP contribution is 2.22. The molecule has 1 atom stereocenters. The van der Waals surface area contributed by atoms with Gasteiger partial charge in [0.1, 0.15) is 5.78 Å². The van der Waals surface area contributed by atoms with E-state index < -0.39 is 0 Å². The molecule has 1 aliphatic rings. The van der Waals surface area contributed by atoms with Crippen LogP contribution in [-0.2, 0) is 11.2 Å². The number of hydrogen-bond donors (Lipinski definition) is 0. The van der Waals surface area contributed by atoms with Gasteiger partial charge in [0.2, 0.25) is 0 Å². The van der Waals surface area contributed by atoms with Crippen LogP contribution in [0.25, 0.3) is 0 Å². The summed E-state index contributed by atoms with van der Waals surface area (Å²) in [4.78, 5) is 13.7. The first-order chi connectivity index (χ1) is 8.66. The standard InChI is InChI=1S/C16H23NO/c1-13(14(2)18)17-10-8-16(9-11-17)12-15-6-4-3-5-7-15/h3-7,13,16H,8-12H2,1-2H3. The van der Waals surface area contributed by atoms with Crippen LogP contribution in [0.3, 0.4) is 0 Å². The zero-order valence-electron chi connectivity index (χ0n) is 11.4. The number of hydrogen-bond acceptors (Lipinski definition) is 2. The average Bonchev–Trinajstić information content (AvgIpc) is 2.40. The SMILES string of the molecule is CC(=O)C(C)N1CCC(Cc2ccccc2)CC1. The molecule has 1 saturated heterocycles. The van der Waals surface area contributed by atoms with Gasteiger partial charge in [-0.15, -0.1) is 0 Å². The van der Waals surface area contributed by atoms with E-state index in [1.807, 2.05) is 6.92 Å². The molecule has 0 saturated carbocycles. The monoisotopic (exact) mass is 245 g/mol. The van der Waals surface area contributed by atoms with Crippen LogP contribution in [0, 0.1) is 5.92 Å². The number of likely N-dealkylation sites (tertiary alicyclic amines) is 1. The van der Waals surface area contributed by atoms with Crippen molar-refractivity contribution in [2.45, 2.75) is 39.2 Å². The molecule has 2 rings (SSSR count). The molecule has 0 bridgehead atoms. The van der Waals surface area contributed by atoms with E-state index in [4.69, 9.17) is 0 Å². The van der Waals surface area contributed by atoms with Crippen molar-refractivity contribution in [3.8, 4) is 0 Å². The molecule has 1 aromatic carbocycles. The Morgan fingerprint density at radius 1 is 1.28 bits per heavy atom. The van der Waals surface area contributed by atoms with Crippen molar-refractivity contribution in [2.24, 2.45) is 5.92 Å². The molecule has 98 valence electrons. The second-order valence-electron chi connectivity index (χ2n) is 5.46. The predicted molar refractivity (Wildman–Crippen MR) is 74.6 cm³/mol. The van der Waals surface area contributed by atoms with Crippen LogP contribution in [0.1, 0.15) is 32.3 Å². The van der Waals surface area contributed by atoms with E-state index in [2.05, 4.69) is 35.2 Å². The van der Waals surface area contributed by atoms with Gasteiger partial charge < -0.3 is 0 Å². The van der Waals surface area contributed by atoms with E-state index in [1.165, 1.54) is 24.8 Å². The van der Waals surface area contributed by atoms with Crippen LogP contribution < -0.4 is 0 Å². The summed E-state index contributed by atoms with van der Waals surface area (Å²) >= 11 is 0. The van der Waals surface area contributed by atoms with E-state index in [0.717, 1.165) is 19.0 Å². The molecule has 0 aromatic heterocycles. The lowest BCUT2D eigenvalue weighted by Gasteiger charge is -2.35. The van der Waals surface area contributed by atoms with E-state index in [9.17, 15) is 4.79 Å². The van der Waals surface area contributed by atoms with E-state index in [1.54, 1.807) is 6.92 Å². The summed E-state index contributed by atoms with van der Waals surface area (Å²) in [5.41, 5.74) is 1.44. The molecule has 1 fully saturated rings. The van der Waals surface area contributed by atoms with Crippen LogP contribution >= 0.6 is 0 Å². The quantitative estimate of drug-likeness (QED) is 0.813. The van der Waals surface area contributed by atoms with Gasteiger partial charge in [0, 0.05) is 0 Å². The minimum Gasteiger partial charge on any atom is -0.298 e. The molecule has 0 N–H and O–H groups in total. The van der Waals surface area contributed by atoms with Crippen molar-refractivity contribution >= 4 is 5.78 Å². The second kappa shape index (κ2) is 6.14. The van der Waals surface area contributed by atoms with Gasteiger partial charge in [-0.05, 0) is 57.7 Å². The molecule has 2 nitrogen and oxygen atoms in total. The minimum absolute atomic E-state index is 0.0997. The normalized spacial score (nSPS) is 19.7. The Hall–Kier alpha value is -1.15. The second-order valence-corrected chi connectivity index (χ2v) is 5.46. The first-order valence-corrected chi connectivity index (χ1v) is 6.95. The molecule has 0 radical (unpaired) electrons. The summed E-state index contributed by atoms with van der Waals surface area (Å²) in [7, 11) is 0. The lowest BCUT2D eigenvalue weighted by atomic mass is 9.89. The van der Waals surface area contributed by atoms with Gasteiger partial charge >= 0.3 is 0 Å². The van der Waals surface area contributed by atoms with E-state index in [-0.39, 0.29) is 11.8 Å². The summed E-state index contributed by atoms with van der Waals surface area (Å²) in [6.45, 7) is 5.86. The molecule has 0 spiro atoms. The number of Topliss-reactive ketones (excluding diaryl/α,β-unsaturated/α-hetero) is 1. The molecule has 1 aromatic rings. The highest BCUT2D eigenvalue weighted by molar-refractivity contribution is 5.80. The van der Waals surface area contributed by atoms with Gasteiger partial charge in [0.25, 0.3) is 0 Å². The Morgan fingerprint density at radius 2 is 1.89 bits per heavy atom. The highest BCUT2D eigenvalue weighted by Gasteiger charge is 2.24. The molecular formula is C16H23NO. The zero-order chi connectivity index (χ0) is 13.0. The van der Waals surface area contributed by atoms with Crippen LogP contribution in [0.15, 0.2) is 30.3 Å². The van der Waals surface area contributed by atoms with Crippen molar-refractivity contribution in [3.63, 3.8) is 0 Å². The lowest BCUT2D eigenvalue weighted by Crippen LogP contribution is -2.43. The summed E-state index contributed by atoms with van der Waals surface area (Å²) < 4.78 is 0. The molecule has 0 aliphatic carbocycles. The first kappa shape index (κ1) is 13.3. The van der Waals surface area contributed by atoms with Gasteiger partial charge in [0.15, 0.2) is 0 Å². The van der Waals surface area contributed by atoms with E-state index >= 15 is 0 Å². The van der Waals surface area contributed by atoms with Crippen molar-refractivity contribution in [2.75, 3.05) is 13.1 Å². The third kappa shape index (κ3) is 3.42. The fourth-order valence-electron chi connectivity index (χ4n) is 2.75. The number of carbonyl (C=O) groups is 1. The Morgan fingerprint density at radius 3 is 2.44 bits per heavy atom. The number of benzene rings is 1. The van der Waals surface area contributed by atoms with Gasteiger partial charge in [-0.1, -0.05) is 30.3 Å². The van der Waals surface area contributed by atoms with E-state index in [0.29, 0.717) is 0 Å². The zero-order valence-corrected chi connectivity index (χ0v) is 11.4. The Balaban J connectivity index is 1.82. The third-order valence-corrected chi connectivity index (χ3v) is 4.15. The van der Waals surface area contributed by atoms with Gasteiger partial charge in [-0.25, -0.2) is 0 Å². The third-order valence-electron chi connectivity index (χ3n) is 4.15. The van der Waals surface area contributed by atoms with Crippen LogP contribution in [0.2, 0.25) is 0 Å². The smallest absolute Gasteiger partial charge is 0.146 e. The average molecular weight is 245 g/mol. The first-order valence-electron chi connectivity index (χ1n) is 6.95. The fraction of sp³-hybridized carbons (Fsp3) is 0.562. The number of rotatable bonds is 4. The summed E-state index contributed by atoms with van der Waals surface area (Å²) in [6.07, 6.45) is 3.61. The largest absolute Gasteiger partial charge is 0.298 e. The minimum atomic E-state index is 0.0997. The van der Waals surface area contributed by atoms with Crippen LogP contribution in [-0.4, -0.2) is 29.8 Å². The van der Waals surface area contributed by atoms with Gasteiger partial charge in [-0.3, -0.25) is 9.69 Å². The van der Waals surface area contributed by atoms with Crippen LogP contribution in [0.5, 0.6) is 0 Å². The summed E-state index contributed by atoms with van der Waals surface area (Å²) in [6, 6.07) is 10.8. The van der Waals surface area contributed by atoms with Crippen molar-refractivity contribution in [1.29, 1.82) is 0 Å². The maximum absolute atomic E-state index is 11.4. The fourth-order valence-corrected chi connectivity index (χ4v) is 2.75. The Bertz CT molecular complexity index is 379. The Kier molecular flexibility index (Phi) is 4.54. The highest BCUT2D eigenvalue weighted by atomic mass is 16.1. The number of carbonyl (C=O) groups excluding carboxylic acids is 1. The maximum atomic E-state index is 11.4. The number of piperidine rings is 1.